The summed E-state index contributed by atoms with van der Waals surface area (Å²) in [6.45, 7) is 4.82. The lowest BCUT2D eigenvalue weighted by atomic mass is 10.0. The van der Waals surface area contributed by atoms with Gasteiger partial charge in [-0.3, -0.25) is 13.8 Å². The molecule has 3 N–H and O–H groups in total. The minimum absolute atomic E-state index is 0.0529. The van der Waals surface area contributed by atoms with Gasteiger partial charge < -0.3 is 19.8 Å². The molecule has 1 amide bonds. The standard InChI is InChI=1S/C63H121N2O6P/c1-6-8-10-12-14-16-18-20-22-24-26-28-29-30-31-32-33-34-35-37-38-40-42-44-46-48-50-52-54-56-62(66)61(60-71-72(68,69)70-59-58-65(3,4)5)64-63(67)57-55-53-51-49-47-45-43-41-39-36-27-25-23-21-19-17-15-13-11-9-7-2/h25,27,38,40,46,48,54,56,61-62,66H,6-24,26,28-37,39,41-45,47,49-53,55,57-60H2,1-5H3,(H-,64,67,68,69)/p+1/b27-25-,40-38+,48-46+,56-54+. The molecule has 0 bridgehead atoms. The number of nitrogens with one attached hydrogen (secondary N) is 1. The SMILES string of the molecule is CCCCCCCCCC/C=C\CCCCCCCCCCCC(=O)NC(COP(=O)(O)OCC[N+](C)(C)C)C(O)/C=C/CC/C=C/CC/C=C/CCCCCCCCCCCCCCCCCCCCC. The molecule has 0 radical (unpaired) electrons. The van der Waals surface area contributed by atoms with Gasteiger partial charge in [0.25, 0.3) is 0 Å². The van der Waals surface area contributed by atoms with Crippen LogP contribution in [0, 0.1) is 0 Å². The van der Waals surface area contributed by atoms with Gasteiger partial charge in [-0.1, -0.05) is 268 Å². The third-order valence-electron chi connectivity index (χ3n) is 14.0. The molecular formula is C63H122N2O6P+. The lowest BCUT2D eigenvalue weighted by molar-refractivity contribution is -0.870. The predicted molar refractivity (Wildman–Crippen MR) is 314 cm³/mol. The molecule has 72 heavy (non-hydrogen) atoms. The van der Waals surface area contributed by atoms with Crippen LogP contribution in [0.2, 0.25) is 0 Å². The summed E-state index contributed by atoms with van der Waals surface area (Å²) in [6.07, 6.45) is 72.4. The number of hydrogen-bond acceptors (Lipinski definition) is 5. The quantitative estimate of drug-likeness (QED) is 0.0243. The predicted octanol–water partition coefficient (Wildman–Crippen LogP) is 19.1. The lowest BCUT2D eigenvalue weighted by Gasteiger charge is -2.25. The highest BCUT2D eigenvalue weighted by molar-refractivity contribution is 7.47. The van der Waals surface area contributed by atoms with Gasteiger partial charge in [-0.25, -0.2) is 4.57 Å². The number of nitrogens with zero attached hydrogens (tertiary/aromatic N) is 1. The Hall–Kier alpha value is -1.54. The molecule has 0 saturated carbocycles. The summed E-state index contributed by atoms with van der Waals surface area (Å²) >= 11 is 0. The van der Waals surface area contributed by atoms with Crippen molar-refractivity contribution in [3.63, 3.8) is 0 Å². The normalized spacial score (nSPS) is 14.2. The second kappa shape index (κ2) is 54.3. The van der Waals surface area contributed by atoms with Crippen LogP contribution in [0.1, 0.15) is 296 Å². The number of phosphoric acid groups is 1. The van der Waals surface area contributed by atoms with Crippen LogP contribution in [0.5, 0.6) is 0 Å². The van der Waals surface area contributed by atoms with Gasteiger partial charge in [0.1, 0.15) is 13.2 Å². The number of hydrogen-bond donors (Lipinski definition) is 3. The molecule has 0 aromatic carbocycles. The fraction of sp³-hybridized carbons (Fsp3) is 0.857. The molecule has 3 unspecified atom stereocenters. The van der Waals surface area contributed by atoms with Gasteiger partial charge >= 0.3 is 7.82 Å². The maximum atomic E-state index is 13.0. The second-order valence-electron chi connectivity index (χ2n) is 22.4. The van der Waals surface area contributed by atoms with Crippen LogP contribution in [0.15, 0.2) is 48.6 Å². The molecule has 0 aliphatic rings. The monoisotopic (exact) mass is 1030 g/mol. The van der Waals surface area contributed by atoms with Crippen molar-refractivity contribution in [3.8, 4) is 0 Å². The van der Waals surface area contributed by atoms with Crippen molar-refractivity contribution in [2.45, 2.75) is 309 Å². The van der Waals surface area contributed by atoms with Crippen molar-refractivity contribution < 1.29 is 32.9 Å². The molecule has 9 heteroatoms. The number of carbonyl (C=O) groups is 1. The number of aliphatic hydroxyl groups excluding tert-OH is 1. The van der Waals surface area contributed by atoms with Gasteiger partial charge in [-0.05, 0) is 70.6 Å². The van der Waals surface area contributed by atoms with Crippen LogP contribution < -0.4 is 5.32 Å². The van der Waals surface area contributed by atoms with Crippen molar-refractivity contribution in [3.05, 3.63) is 48.6 Å². The van der Waals surface area contributed by atoms with Crippen molar-refractivity contribution in [2.75, 3.05) is 40.9 Å². The average Bonchev–Trinajstić information content (AvgIpc) is 3.34. The smallest absolute Gasteiger partial charge is 0.387 e. The highest BCUT2D eigenvalue weighted by atomic mass is 31.2. The van der Waals surface area contributed by atoms with E-state index in [1.165, 1.54) is 231 Å². The molecular weight excluding hydrogens is 912 g/mol. The fourth-order valence-corrected chi connectivity index (χ4v) is 9.87. The molecule has 0 rings (SSSR count). The van der Waals surface area contributed by atoms with Crippen LogP contribution in [-0.2, 0) is 18.4 Å². The topological polar surface area (TPSA) is 105 Å². The van der Waals surface area contributed by atoms with Gasteiger partial charge in [-0.2, -0.15) is 0 Å². The minimum Gasteiger partial charge on any atom is -0.387 e. The maximum absolute atomic E-state index is 13.0. The summed E-state index contributed by atoms with van der Waals surface area (Å²) in [5.41, 5.74) is 0. The molecule has 0 aromatic heterocycles. The first-order chi connectivity index (χ1) is 35.0. The molecule has 0 heterocycles. The van der Waals surface area contributed by atoms with Crippen molar-refractivity contribution in [1.29, 1.82) is 0 Å². The van der Waals surface area contributed by atoms with Gasteiger partial charge in [-0.15, -0.1) is 0 Å². The zero-order chi connectivity index (χ0) is 52.7. The average molecular weight is 1030 g/mol. The molecule has 0 aliphatic heterocycles. The van der Waals surface area contributed by atoms with E-state index < -0.39 is 20.0 Å². The van der Waals surface area contributed by atoms with Crippen molar-refractivity contribution >= 4 is 13.7 Å². The van der Waals surface area contributed by atoms with Crippen molar-refractivity contribution in [2.24, 2.45) is 0 Å². The summed E-state index contributed by atoms with van der Waals surface area (Å²) in [6, 6.07) is -0.872. The number of likely N-dealkylation sites (N-methyl/N-ethyl adjacent to an activating group) is 1. The fourth-order valence-electron chi connectivity index (χ4n) is 9.13. The molecule has 0 spiro atoms. The minimum atomic E-state index is -4.36. The van der Waals surface area contributed by atoms with Crippen LogP contribution in [0.4, 0.5) is 0 Å². The van der Waals surface area contributed by atoms with Gasteiger partial charge in [0.05, 0.1) is 39.9 Å². The Morgan fingerprint density at radius 3 is 1.11 bits per heavy atom. The summed E-state index contributed by atoms with van der Waals surface area (Å²) in [4.78, 5) is 23.3. The maximum Gasteiger partial charge on any atom is 0.472 e. The van der Waals surface area contributed by atoms with Crippen LogP contribution in [0.3, 0.4) is 0 Å². The summed E-state index contributed by atoms with van der Waals surface area (Å²) in [5, 5.41) is 13.9. The highest BCUT2D eigenvalue weighted by Gasteiger charge is 2.27. The molecule has 0 aliphatic carbocycles. The summed E-state index contributed by atoms with van der Waals surface area (Å²) in [7, 11) is 1.55. The largest absolute Gasteiger partial charge is 0.472 e. The van der Waals surface area contributed by atoms with E-state index in [-0.39, 0.29) is 19.1 Å². The molecule has 0 saturated heterocycles. The molecule has 0 aromatic rings. The van der Waals surface area contributed by atoms with Gasteiger partial charge in [0.2, 0.25) is 5.91 Å². The summed E-state index contributed by atoms with van der Waals surface area (Å²) in [5.74, 6) is -0.191. The number of amides is 1. The number of carbonyl (C=O) groups excluding carboxylic acids is 1. The van der Waals surface area contributed by atoms with E-state index in [1.54, 1.807) is 6.08 Å². The van der Waals surface area contributed by atoms with Crippen LogP contribution >= 0.6 is 7.82 Å². The Balaban J connectivity index is 4.22. The Morgan fingerprint density at radius 2 is 0.764 bits per heavy atom. The van der Waals surface area contributed by atoms with Crippen molar-refractivity contribution in [1.82, 2.24) is 5.32 Å². The molecule has 424 valence electrons. The number of allylic oxidation sites excluding steroid dienone is 7. The van der Waals surface area contributed by atoms with E-state index in [1.807, 2.05) is 27.2 Å². The number of quaternary nitrogens is 1. The zero-order valence-electron chi connectivity index (χ0n) is 48.4. The first-order valence-electron chi connectivity index (χ1n) is 31.0. The molecule has 3 atom stereocenters. The highest BCUT2D eigenvalue weighted by Crippen LogP contribution is 2.43. The van der Waals surface area contributed by atoms with Crippen LogP contribution in [0.25, 0.3) is 0 Å². The number of phosphoric ester groups is 1. The second-order valence-corrected chi connectivity index (χ2v) is 23.9. The Kier molecular flexibility index (Phi) is 53.1. The van der Waals surface area contributed by atoms with Gasteiger partial charge in [0, 0.05) is 6.42 Å². The first kappa shape index (κ1) is 70.5. The first-order valence-corrected chi connectivity index (χ1v) is 32.5. The third-order valence-corrected chi connectivity index (χ3v) is 15.0. The van der Waals surface area contributed by atoms with E-state index >= 15 is 0 Å². The Morgan fingerprint density at radius 1 is 0.458 bits per heavy atom. The van der Waals surface area contributed by atoms with Gasteiger partial charge in [0.15, 0.2) is 0 Å². The number of rotatable bonds is 57. The molecule has 8 nitrogen and oxygen atoms in total. The Labute approximate surface area is 448 Å². The Bertz CT molecular complexity index is 1310. The van der Waals surface area contributed by atoms with Crippen LogP contribution in [-0.4, -0.2) is 73.4 Å². The zero-order valence-corrected chi connectivity index (χ0v) is 49.3. The van der Waals surface area contributed by atoms with E-state index in [0.717, 1.165) is 44.9 Å². The van der Waals surface area contributed by atoms with E-state index in [2.05, 4.69) is 55.6 Å². The third kappa shape index (κ3) is 56.2. The lowest BCUT2D eigenvalue weighted by Crippen LogP contribution is -2.45. The summed E-state index contributed by atoms with van der Waals surface area (Å²) < 4.78 is 23.7. The van der Waals surface area contributed by atoms with E-state index in [9.17, 15) is 19.4 Å². The number of aliphatic hydroxyl groups is 1. The van der Waals surface area contributed by atoms with E-state index in [0.29, 0.717) is 17.4 Å². The van der Waals surface area contributed by atoms with E-state index in [4.69, 9.17) is 9.05 Å². The molecule has 0 fully saturated rings. The number of unbranched alkanes of at least 4 members (excludes halogenated alkanes) is 38.